The zero-order valence-electron chi connectivity index (χ0n) is 5.03. The van der Waals surface area contributed by atoms with E-state index in [1.807, 2.05) is 0 Å². The average molecular weight is 304 g/mol. The Morgan fingerprint density at radius 3 is 2.60 bits per heavy atom. The van der Waals surface area contributed by atoms with Crippen LogP contribution in [0.2, 0.25) is 0 Å². The van der Waals surface area contributed by atoms with Gasteiger partial charge in [0, 0.05) is 15.2 Å². The van der Waals surface area contributed by atoms with E-state index in [9.17, 15) is 0 Å². The van der Waals surface area contributed by atoms with Crippen molar-refractivity contribution in [3.05, 3.63) is 19.2 Å². The molecule has 0 nitrogen and oxygen atoms in total. The minimum atomic E-state index is 0.694. The Balaban J connectivity index is 2.77. The summed E-state index contributed by atoms with van der Waals surface area (Å²) in [5.41, 5.74) is 0. The summed E-state index contributed by atoms with van der Waals surface area (Å²) in [4.78, 5) is 1.31. The molecule has 0 radical (unpaired) electrons. The Hall–Kier alpha value is 0.950. The standard InChI is InChI=1S/C6H5Br2ClS/c7-5-3-4(1-2-9)10-6(5)8/h3H,1-2H2. The van der Waals surface area contributed by atoms with Crippen LogP contribution in [0.3, 0.4) is 0 Å². The summed E-state index contributed by atoms with van der Waals surface area (Å²) in [6.07, 6.45) is 0.955. The molecule has 0 N–H and O–H groups in total. The van der Waals surface area contributed by atoms with Crippen LogP contribution in [0.5, 0.6) is 0 Å². The third-order valence-electron chi connectivity index (χ3n) is 1.04. The van der Waals surface area contributed by atoms with E-state index in [1.165, 1.54) is 4.88 Å². The van der Waals surface area contributed by atoms with Crippen molar-refractivity contribution in [1.82, 2.24) is 0 Å². The van der Waals surface area contributed by atoms with Gasteiger partial charge in [-0.25, -0.2) is 0 Å². The summed E-state index contributed by atoms with van der Waals surface area (Å²) >= 11 is 14.1. The zero-order valence-corrected chi connectivity index (χ0v) is 9.78. The second kappa shape index (κ2) is 4.10. The zero-order chi connectivity index (χ0) is 7.56. The van der Waals surface area contributed by atoms with Gasteiger partial charge in [-0.3, -0.25) is 0 Å². The lowest BCUT2D eigenvalue weighted by Crippen LogP contribution is -1.77. The maximum atomic E-state index is 5.57. The summed E-state index contributed by atoms with van der Waals surface area (Å²) in [6, 6.07) is 2.09. The molecule has 1 heterocycles. The van der Waals surface area contributed by atoms with Gasteiger partial charge < -0.3 is 0 Å². The Kier molecular flexibility index (Phi) is 3.70. The summed E-state index contributed by atoms with van der Waals surface area (Å²) in [5, 5.41) is 0. The highest BCUT2D eigenvalue weighted by Crippen LogP contribution is 2.32. The molecule has 1 rings (SSSR count). The lowest BCUT2D eigenvalue weighted by Gasteiger charge is -1.84. The first kappa shape index (κ1) is 9.04. The van der Waals surface area contributed by atoms with Gasteiger partial charge in [0.25, 0.3) is 0 Å². The van der Waals surface area contributed by atoms with E-state index in [2.05, 4.69) is 37.9 Å². The predicted octanol–water partition coefficient (Wildman–Crippen LogP) is 4.05. The first-order chi connectivity index (χ1) is 4.74. The molecule has 0 spiro atoms. The fourth-order valence-electron chi connectivity index (χ4n) is 0.608. The Bertz CT molecular complexity index is 202. The first-order valence-corrected chi connectivity index (χ1v) is 5.67. The van der Waals surface area contributed by atoms with Crippen LogP contribution in [0.1, 0.15) is 4.88 Å². The fourth-order valence-corrected chi connectivity index (χ4v) is 3.10. The van der Waals surface area contributed by atoms with Gasteiger partial charge in [0.05, 0.1) is 3.79 Å². The number of aryl methyl sites for hydroxylation is 1. The average Bonchev–Trinajstić information content (AvgIpc) is 2.14. The molecule has 0 aromatic carbocycles. The lowest BCUT2D eigenvalue weighted by molar-refractivity contribution is 1.20. The summed E-state index contributed by atoms with van der Waals surface area (Å²) < 4.78 is 2.27. The highest BCUT2D eigenvalue weighted by atomic mass is 79.9. The molecule has 1 aromatic rings. The van der Waals surface area contributed by atoms with E-state index in [-0.39, 0.29) is 0 Å². The second-order valence-electron chi connectivity index (χ2n) is 1.77. The maximum absolute atomic E-state index is 5.57. The molecule has 0 aliphatic heterocycles. The van der Waals surface area contributed by atoms with Crippen molar-refractivity contribution in [3.63, 3.8) is 0 Å². The van der Waals surface area contributed by atoms with Crippen LogP contribution < -0.4 is 0 Å². The van der Waals surface area contributed by atoms with E-state index in [4.69, 9.17) is 11.6 Å². The highest BCUT2D eigenvalue weighted by Gasteiger charge is 2.02. The first-order valence-electron chi connectivity index (χ1n) is 2.73. The van der Waals surface area contributed by atoms with Gasteiger partial charge in [0.2, 0.25) is 0 Å². The van der Waals surface area contributed by atoms with Crippen LogP contribution in [-0.2, 0) is 6.42 Å². The van der Waals surface area contributed by atoms with Crippen LogP contribution in [0, 0.1) is 0 Å². The summed E-state index contributed by atoms with van der Waals surface area (Å²) in [5.74, 6) is 0.694. The SMILES string of the molecule is ClCCc1cc(Br)c(Br)s1. The van der Waals surface area contributed by atoms with Gasteiger partial charge in [0.1, 0.15) is 0 Å². The monoisotopic (exact) mass is 302 g/mol. The molecular formula is C6H5Br2ClS. The van der Waals surface area contributed by atoms with Crippen LogP contribution in [-0.4, -0.2) is 5.88 Å². The van der Waals surface area contributed by atoms with Gasteiger partial charge in [-0.15, -0.1) is 22.9 Å². The topological polar surface area (TPSA) is 0 Å². The van der Waals surface area contributed by atoms with Crippen LogP contribution in [0.15, 0.2) is 14.3 Å². The number of hydrogen-bond donors (Lipinski definition) is 0. The van der Waals surface area contributed by atoms with Crippen LogP contribution >= 0.6 is 54.8 Å². The molecule has 1 aromatic heterocycles. The highest BCUT2D eigenvalue weighted by molar-refractivity contribution is 9.13. The normalized spacial score (nSPS) is 10.3. The number of hydrogen-bond acceptors (Lipinski definition) is 1. The third kappa shape index (κ3) is 2.22. The van der Waals surface area contributed by atoms with Crippen molar-refractivity contribution in [1.29, 1.82) is 0 Å². The van der Waals surface area contributed by atoms with Crippen molar-refractivity contribution >= 4 is 54.8 Å². The second-order valence-corrected chi connectivity index (χ2v) is 5.46. The van der Waals surface area contributed by atoms with Gasteiger partial charge in [0.15, 0.2) is 0 Å². The van der Waals surface area contributed by atoms with Crippen molar-refractivity contribution < 1.29 is 0 Å². The molecule has 0 saturated carbocycles. The number of thiophene rings is 1. The van der Waals surface area contributed by atoms with Crippen molar-refractivity contribution in [2.75, 3.05) is 5.88 Å². The molecule has 10 heavy (non-hydrogen) atoms. The quantitative estimate of drug-likeness (QED) is 0.723. The Labute approximate surface area is 85.8 Å². The molecule has 56 valence electrons. The molecule has 0 atom stereocenters. The van der Waals surface area contributed by atoms with Gasteiger partial charge >= 0.3 is 0 Å². The predicted molar refractivity (Wildman–Crippen MR) is 54.1 cm³/mol. The summed E-state index contributed by atoms with van der Waals surface area (Å²) in [7, 11) is 0. The van der Waals surface area contributed by atoms with Crippen LogP contribution in [0.25, 0.3) is 0 Å². The molecule has 4 heteroatoms. The Morgan fingerprint density at radius 2 is 2.20 bits per heavy atom. The number of rotatable bonds is 2. The van der Waals surface area contributed by atoms with Crippen molar-refractivity contribution in [2.24, 2.45) is 0 Å². The minimum absolute atomic E-state index is 0.694. The van der Waals surface area contributed by atoms with E-state index >= 15 is 0 Å². The lowest BCUT2D eigenvalue weighted by atomic mass is 10.4. The van der Waals surface area contributed by atoms with Gasteiger partial charge in [-0.05, 0) is 44.3 Å². The van der Waals surface area contributed by atoms with E-state index in [0.29, 0.717) is 5.88 Å². The Morgan fingerprint density at radius 1 is 1.50 bits per heavy atom. The largest absolute Gasteiger partial charge is 0.132 e. The maximum Gasteiger partial charge on any atom is 0.0843 e. The van der Waals surface area contributed by atoms with E-state index in [1.54, 1.807) is 11.3 Å². The van der Waals surface area contributed by atoms with E-state index < -0.39 is 0 Å². The molecule has 0 unspecified atom stereocenters. The van der Waals surface area contributed by atoms with Crippen LogP contribution in [0.4, 0.5) is 0 Å². The molecule has 0 saturated heterocycles. The summed E-state index contributed by atoms with van der Waals surface area (Å²) in [6.45, 7) is 0. The van der Waals surface area contributed by atoms with Crippen molar-refractivity contribution in [3.8, 4) is 0 Å². The molecule has 0 aliphatic rings. The van der Waals surface area contributed by atoms with Crippen molar-refractivity contribution in [2.45, 2.75) is 6.42 Å². The molecule has 0 fully saturated rings. The van der Waals surface area contributed by atoms with Gasteiger partial charge in [-0.1, -0.05) is 0 Å². The van der Waals surface area contributed by atoms with E-state index in [0.717, 1.165) is 14.7 Å². The number of halogens is 3. The smallest absolute Gasteiger partial charge is 0.0843 e. The molecule has 0 amide bonds. The van der Waals surface area contributed by atoms with Gasteiger partial charge in [-0.2, -0.15) is 0 Å². The fraction of sp³-hybridized carbons (Fsp3) is 0.333. The molecule has 0 bridgehead atoms. The number of alkyl halides is 1. The minimum Gasteiger partial charge on any atom is -0.132 e. The molecular weight excluding hydrogens is 299 g/mol. The third-order valence-corrected chi connectivity index (χ3v) is 4.54. The molecule has 0 aliphatic carbocycles.